The van der Waals surface area contributed by atoms with E-state index in [0.29, 0.717) is 40.4 Å². The molecule has 0 aliphatic carbocycles. The maximum atomic E-state index is 15.8. The highest BCUT2D eigenvalue weighted by Gasteiger charge is 2.38. The van der Waals surface area contributed by atoms with Crippen LogP contribution in [-0.4, -0.2) is 278 Å². The fourth-order valence-electron chi connectivity index (χ4n) is 13.2. The topological polar surface area (TPSA) is 365 Å². The molecule has 4 heterocycles. The van der Waals surface area contributed by atoms with Crippen LogP contribution in [-0.2, 0) is 68.8 Å². The summed E-state index contributed by atoms with van der Waals surface area (Å²) in [6.45, 7) is 30.8. The maximum absolute atomic E-state index is 15.8. The van der Waals surface area contributed by atoms with Gasteiger partial charge in [-0.1, -0.05) is 93.1 Å². The number of para-hydroxylation sites is 4. The second-order valence-corrected chi connectivity index (χ2v) is 58.8. The first-order valence-electron chi connectivity index (χ1n) is 39.6. The fraction of sp³-hybridized carbons (Fsp3) is 0.512. The zero-order chi connectivity index (χ0) is 83.8. The van der Waals surface area contributed by atoms with E-state index in [2.05, 4.69) is 142 Å². The smallest absolute Gasteiger partial charge is 0.244 e. The van der Waals surface area contributed by atoms with E-state index in [4.69, 9.17) is 11.5 Å². The minimum atomic E-state index is -1.39. The lowest BCUT2D eigenvalue weighted by Gasteiger charge is -2.30. The van der Waals surface area contributed by atoms with Gasteiger partial charge >= 0.3 is 0 Å². The van der Waals surface area contributed by atoms with Crippen LogP contribution in [0.2, 0.25) is 0 Å². The van der Waals surface area contributed by atoms with Gasteiger partial charge in [-0.25, -0.2) is 0 Å². The Morgan fingerprint density at radius 1 is 0.348 bits per heavy atom. The highest BCUT2D eigenvalue weighted by atomic mass is 32.2. The number of carbonyl (C=O) groups excluding carboxylic acids is 9. The lowest BCUT2D eigenvalue weighted by Crippen LogP contribution is -2.62. The molecule has 0 fully saturated rings. The van der Waals surface area contributed by atoms with Crippen molar-refractivity contribution in [3.05, 3.63) is 144 Å². The summed E-state index contributed by atoms with van der Waals surface area (Å²) in [7, 11) is -4.61. The molecule has 8 aromatic rings. The first kappa shape index (κ1) is 93.8. The van der Waals surface area contributed by atoms with Crippen LogP contribution >= 0.6 is 76.1 Å². The van der Waals surface area contributed by atoms with Crippen molar-refractivity contribution in [3.63, 3.8) is 0 Å². The highest BCUT2D eigenvalue weighted by molar-refractivity contribution is 8.00. The van der Waals surface area contributed by atoms with Gasteiger partial charge in [0, 0.05) is 238 Å². The van der Waals surface area contributed by atoms with Gasteiger partial charge in [0.1, 0.15) is 48.3 Å². The zero-order valence-electron chi connectivity index (χ0n) is 69.5. The molecule has 0 spiro atoms. The minimum absolute atomic E-state index is 0.0333. The van der Waals surface area contributed by atoms with Crippen molar-refractivity contribution in [1.29, 1.82) is 0 Å². The van der Waals surface area contributed by atoms with E-state index in [0.717, 1.165) is 98.2 Å². The summed E-state index contributed by atoms with van der Waals surface area (Å²) in [6, 6.07) is 19.3. The Morgan fingerprint density at radius 3 is 0.948 bits per heavy atom. The van der Waals surface area contributed by atoms with E-state index in [1.807, 2.05) is 111 Å². The number of H-pyrrole nitrogens is 4. The Morgan fingerprint density at radius 2 is 0.617 bits per heavy atom. The molecule has 0 saturated carbocycles. The first-order valence-corrected chi connectivity index (χ1v) is 57.5. The predicted octanol–water partition coefficient (Wildman–Crippen LogP) is 9.96. The van der Waals surface area contributed by atoms with Gasteiger partial charge in [-0.15, -0.1) is 0 Å². The third-order valence-electron chi connectivity index (χ3n) is 20.2. The van der Waals surface area contributed by atoms with Crippen LogP contribution in [0.15, 0.2) is 122 Å². The quantitative estimate of drug-likeness (QED) is 0.0125. The number of aromatic nitrogens is 4. The molecule has 0 unspecified atom stereocenters. The number of fused-ring (bicyclic) bond motifs is 4. The van der Waals surface area contributed by atoms with Gasteiger partial charge < -0.3 is 73.9 Å². The molecule has 10 atom stereocenters. The van der Waals surface area contributed by atoms with E-state index >= 15 is 28.8 Å². The van der Waals surface area contributed by atoms with Crippen molar-refractivity contribution in [2.24, 2.45) is 17.4 Å². The normalized spacial score (nSPS) is 14.8. The van der Waals surface area contributed by atoms with Crippen molar-refractivity contribution in [2.75, 3.05) is 151 Å². The SMILES string of the molecule is CC[C@H](C)[C@H](NC(=O)[C@H](Cc1c[nH]c2ccccc12)NC(=O)[C@H](CSCC[P+](C)(C)C)NC(=O)[C@H](Cc1c[nH]c2ccccc12)NC(=O)[C@H](Cc1c[nH]c2ccccc12)NC(=O)[C@H](CSCCC[P+](C)(C)C)NC(=O)[C@@H](N)CSCC[P+](C)(C)C)C(=O)N[C@@H](CSCCC[P+](C)(C)C)C(=O)N[C@@H](Cc1c[nH]c2ccccc12)C(N)=O. The van der Waals surface area contributed by atoms with Crippen molar-refractivity contribution in [3.8, 4) is 0 Å². The molecule has 8 rings (SSSR count). The van der Waals surface area contributed by atoms with E-state index in [-0.39, 0.29) is 42.9 Å². The van der Waals surface area contributed by atoms with E-state index in [1.54, 1.807) is 48.3 Å². The number of nitrogens with two attached hydrogens (primary N) is 2. The van der Waals surface area contributed by atoms with Crippen molar-refractivity contribution in [2.45, 2.75) is 113 Å². The number of rotatable bonds is 49. The standard InChI is InChI=1S/C84H122N14O9P4S4/c1-15-54(2)75(84(107)97-74(52-113-39-25-35-109(6,7)8)81(104)91-68(76(86)99)42-55-46-87-64-30-20-16-26-59(55)64)98-80(103)71(45-58-49-90-67-33-23-19-29-62(58)67)94-83(106)73(53-115-41-37-111(12,13)14)96-79(102)70(44-57-48-89-66-32-22-18-28-61(57)66)92-78(101)69(43-56-47-88-65-31-21-17-27-60(56)65)93-82(105)72(51-112-38-24-34-108(3,4)5)95-77(100)63(85)50-114-40-36-110(9,10)11/h16-23,26-33,46-49,54,63,68-75,87-90H,15,24-25,34-45,50-53,85H2,1-14H3,(H6-4,86,91,92,93,94,95,96,97,98,99,100,101,102,103,104,105,106,107)/p+4/t54-,63-,68-,69-,70-,71-,72-,73-,74-,75-/m0/s1. The van der Waals surface area contributed by atoms with Gasteiger partial charge in [-0.2, -0.15) is 47.0 Å². The molecule has 0 radical (unpaired) electrons. The summed E-state index contributed by atoms with van der Waals surface area (Å²) < 4.78 is 0. The van der Waals surface area contributed by atoms with Crippen LogP contribution in [0.25, 0.3) is 43.6 Å². The number of hydrogen-bond donors (Lipinski definition) is 14. The molecular weight excluding hydrogens is 1600 g/mol. The van der Waals surface area contributed by atoms with Gasteiger partial charge in [0.2, 0.25) is 53.2 Å². The zero-order valence-corrected chi connectivity index (χ0v) is 76.4. The second-order valence-electron chi connectivity index (χ2n) is 34.1. The highest BCUT2D eigenvalue weighted by Crippen LogP contribution is 2.49. The molecule has 4 aromatic heterocycles. The fourth-order valence-corrected chi connectivity index (χ4v) is 24.4. The molecule has 115 heavy (non-hydrogen) atoms. The third-order valence-corrected chi connectivity index (χ3v) is 31.7. The Hall–Kier alpha value is -6.65. The molecule has 0 aliphatic heterocycles. The summed E-state index contributed by atoms with van der Waals surface area (Å²) >= 11 is 6.13. The van der Waals surface area contributed by atoms with Crippen LogP contribution in [0, 0.1) is 5.92 Å². The molecule has 16 N–H and O–H groups in total. The summed E-state index contributed by atoms with van der Waals surface area (Å²) in [5.74, 6) is -2.85. The Balaban J connectivity index is 1.11. The number of hydrogen-bond acceptors (Lipinski definition) is 14. The summed E-state index contributed by atoms with van der Waals surface area (Å²) in [5.41, 5.74) is 18.6. The third kappa shape index (κ3) is 30.6. The Kier molecular flexibility index (Phi) is 36.2. The molecular formula is C84H126N14O9P4S4+4. The van der Waals surface area contributed by atoms with Crippen molar-refractivity contribution < 1.29 is 43.2 Å². The van der Waals surface area contributed by atoms with Crippen LogP contribution in [0.1, 0.15) is 55.4 Å². The number of thioether (sulfide) groups is 4. The van der Waals surface area contributed by atoms with Crippen molar-refractivity contribution >= 4 is 173 Å². The second kappa shape index (κ2) is 44.4. The Labute approximate surface area is 699 Å². The number of aromatic amines is 4. The largest absolute Gasteiger partial charge is 0.368 e. The molecule has 626 valence electrons. The number of benzene rings is 4. The maximum Gasteiger partial charge on any atom is 0.244 e. The predicted molar refractivity (Wildman–Crippen MR) is 497 cm³/mol. The average Bonchev–Trinajstić information content (AvgIpc) is 1.74. The van der Waals surface area contributed by atoms with Gasteiger partial charge in [0.25, 0.3) is 0 Å². The molecule has 23 nitrogen and oxygen atoms in total. The van der Waals surface area contributed by atoms with Gasteiger partial charge in [0.05, 0.1) is 30.7 Å². The van der Waals surface area contributed by atoms with Gasteiger partial charge in [-0.3, -0.25) is 43.2 Å². The monoisotopic (exact) mass is 1730 g/mol. The van der Waals surface area contributed by atoms with E-state index in [1.165, 1.54) is 23.5 Å². The summed E-state index contributed by atoms with van der Waals surface area (Å²) in [5, 5.41) is 27.3. The lowest BCUT2D eigenvalue weighted by atomic mass is 9.96. The molecule has 31 heteroatoms. The minimum Gasteiger partial charge on any atom is -0.368 e. The number of nitrogens with one attached hydrogen (secondary N) is 12. The van der Waals surface area contributed by atoms with Crippen LogP contribution < -0.4 is 54.0 Å². The first-order chi connectivity index (χ1) is 54.4. The lowest BCUT2D eigenvalue weighted by molar-refractivity contribution is -0.136. The molecule has 0 saturated heterocycles. The number of amides is 9. The van der Waals surface area contributed by atoms with Crippen LogP contribution in [0.5, 0.6) is 0 Å². The summed E-state index contributed by atoms with van der Waals surface area (Å²) in [6.07, 6.45) is 13.2. The molecule has 9 amide bonds. The van der Waals surface area contributed by atoms with Crippen molar-refractivity contribution in [1.82, 2.24) is 62.5 Å². The number of primary amides is 1. The number of carbonyl (C=O) groups is 9. The molecule has 0 aliphatic rings. The van der Waals surface area contributed by atoms with E-state index < -0.39 is 143 Å². The summed E-state index contributed by atoms with van der Waals surface area (Å²) in [4.78, 5) is 148. The molecule has 0 bridgehead atoms. The average molecular weight is 1730 g/mol. The Bertz CT molecular complexity index is 4570. The van der Waals surface area contributed by atoms with E-state index in [9.17, 15) is 14.4 Å². The van der Waals surface area contributed by atoms with Gasteiger partial charge in [-0.05, 0) is 76.8 Å². The van der Waals surface area contributed by atoms with Crippen LogP contribution in [0.3, 0.4) is 0 Å². The van der Waals surface area contributed by atoms with Gasteiger partial charge in [0.15, 0.2) is 0 Å². The molecule has 4 aromatic carbocycles. The van der Waals surface area contributed by atoms with Crippen LogP contribution in [0.4, 0.5) is 0 Å².